The fraction of sp³-hybridized carbons (Fsp3) is 0. The molecule has 0 amide bonds. The van der Waals surface area contributed by atoms with Gasteiger partial charge < -0.3 is 4.42 Å². The third-order valence-corrected chi connectivity index (χ3v) is 9.98. The maximum Gasteiger partial charge on any atom is 0.135 e. The van der Waals surface area contributed by atoms with Gasteiger partial charge in [0.1, 0.15) is 11.2 Å². The molecule has 0 aliphatic carbocycles. The molecule has 0 atom stereocenters. The molecule has 1 heterocycles. The second-order valence-corrected chi connectivity index (χ2v) is 12.8. The first-order valence-electron chi connectivity index (χ1n) is 17.2. The van der Waals surface area contributed by atoms with Crippen LogP contribution in [-0.4, -0.2) is 0 Å². The molecular weight excluding hydrogens is 593 g/mol. The van der Waals surface area contributed by atoms with Gasteiger partial charge >= 0.3 is 0 Å². The number of benzene rings is 9. The van der Waals surface area contributed by atoms with E-state index in [9.17, 15) is 0 Å². The van der Waals surface area contributed by atoms with Crippen LogP contribution in [0.2, 0.25) is 0 Å². The monoisotopic (exact) mass is 623 g/mol. The minimum atomic E-state index is 0.536. The summed E-state index contributed by atoms with van der Waals surface area (Å²) in [5.74, 6) is 0. The maximum atomic E-state index is 7.96. The van der Waals surface area contributed by atoms with Crippen molar-refractivity contribution >= 4 is 54.3 Å². The first-order chi connectivity index (χ1) is 24.7. The largest absolute Gasteiger partial charge is 0.456 e. The predicted octanol–water partition coefficient (Wildman–Crippen LogP) is 13.7. The van der Waals surface area contributed by atoms with Crippen molar-refractivity contribution in [3.8, 4) is 44.5 Å². The molecule has 9 aromatic carbocycles. The van der Waals surface area contributed by atoms with E-state index in [1.54, 1.807) is 0 Å². The molecule has 0 unspecified atom stereocenters. The highest BCUT2D eigenvalue weighted by molar-refractivity contribution is 6.21. The lowest BCUT2D eigenvalue weighted by Gasteiger charge is -2.18. The van der Waals surface area contributed by atoms with Gasteiger partial charge in [-0.2, -0.15) is 0 Å². The van der Waals surface area contributed by atoms with E-state index in [1.165, 1.54) is 66.1 Å². The lowest BCUT2D eigenvalue weighted by molar-refractivity contribution is 0.669. The van der Waals surface area contributed by atoms with Crippen LogP contribution in [0.25, 0.3) is 98.8 Å². The zero-order valence-electron chi connectivity index (χ0n) is 27.7. The summed E-state index contributed by atoms with van der Waals surface area (Å²) in [6.45, 7) is 0. The maximum absolute atomic E-state index is 7.96. The summed E-state index contributed by atoms with van der Waals surface area (Å²) >= 11 is 0. The highest BCUT2D eigenvalue weighted by Gasteiger charge is 2.17. The first-order valence-corrected chi connectivity index (χ1v) is 16.7. The summed E-state index contributed by atoms with van der Waals surface area (Å²) in [5.41, 5.74) is 11.4. The van der Waals surface area contributed by atoms with Crippen LogP contribution in [0.15, 0.2) is 186 Å². The van der Waals surface area contributed by atoms with Gasteiger partial charge in [-0.1, -0.05) is 152 Å². The highest BCUT2D eigenvalue weighted by atomic mass is 16.3. The summed E-state index contributed by atoms with van der Waals surface area (Å²) in [4.78, 5) is 0. The lowest BCUT2D eigenvalue weighted by Crippen LogP contribution is -1.91. The Labute approximate surface area is 285 Å². The van der Waals surface area contributed by atoms with Gasteiger partial charge in [-0.15, -0.1) is 0 Å². The van der Waals surface area contributed by atoms with E-state index >= 15 is 0 Å². The normalized spacial score (nSPS) is 12.0. The Morgan fingerprint density at radius 2 is 0.857 bits per heavy atom. The van der Waals surface area contributed by atoms with Gasteiger partial charge in [0.25, 0.3) is 0 Å². The molecule has 0 aliphatic heterocycles. The van der Waals surface area contributed by atoms with Crippen molar-refractivity contribution in [3.63, 3.8) is 0 Å². The molecule has 0 fully saturated rings. The number of furan rings is 1. The molecule has 1 aromatic heterocycles. The summed E-state index contributed by atoms with van der Waals surface area (Å²) in [6, 6.07) is 63.2. The van der Waals surface area contributed by atoms with E-state index in [1.807, 2.05) is 30.3 Å². The molecule has 0 saturated carbocycles. The van der Waals surface area contributed by atoms with Crippen LogP contribution in [0, 0.1) is 0 Å². The van der Waals surface area contributed by atoms with Crippen molar-refractivity contribution < 1.29 is 5.79 Å². The number of hydrogen-bond donors (Lipinski definition) is 0. The van der Waals surface area contributed by atoms with E-state index in [-0.39, 0.29) is 0 Å². The Morgan fingerprint density at radius 1 is 0.306 bits per heavy atom. The summed E-state index contributed by atoms with van der Waals surface area (Å²) < 4.78 is 14.1. The summed E-state index contributed by atoms with van der Waals surface area (Å²) in [5, 5.41) is 9.47. The number of para-hydroxylation sites is 1. The quantitative estimate of drug-likeness (QED) is 0.178. The van der Waals surface area contributed by atoms with Gasteiger partial charge in [-0.25, -0.2) is 0 Å². The van der Waals surface area contributed by atoms with Crippen molar-refractivity contribution in [2.24, 2.45) is 0 Å². The number of hydrogen-bond acceptors (Lipinski definition) is 1. The third kappa shape index (κ3) is 4.55. The molecule has 228 valence electrons. The minimum Gasteiger partial charge on any atom is -0.456 e. The fourth-order valence-electron chi connectivity index (χ4n) is 7.65. The predicted molar refractivity (Wildman–Crippen MR) is 208 cm³/mol. The van der Waals surface area contributed by atoms with E-state index in [2.05, 4.69) is 146 Å². The zero-order valence-corrected chi connectivity index (χ0v) is 26.7. The Balaban J connectivity index is 1.11. The Hall–Kier alpha value is -6.44. The Bertz CT molecular complexity index is 2870. The molecular formula is C48H30O. The van der Waals surface area contributed by atoms with Crippen LogP contribution in [0.3, 0.4) is 0 Å². The second kappa shape index (κ2) is 11.1. The van der Waals surface area contributed by atoms with Crippen LogP contribution in [-0.2, 0) is 0 Å². The molecule has 10 aromatic rings. The van der Waals surface area contributed by atoms with E-state index in [0.29, 0.717) is 6.04 Å². The summed E-state index contributed by atoms with van der Waals surface area (Å²) in [6.07, 6.45) is 0. The van der Waals surface area contributed by atoms with Crippen LogP contribution >= 0.6 is 0 Å². The molecule has 0 N–H and O–H groups in total. The van der Waals surface area contributed by atoms with E-state index < -0.39 is 0 Å². The summed E-state index contributed by atoms with van der Waals surface area (Å²) in [7, 11) is 0. The molecule has 1 nitrogen and oxygen atoms in total. The van der Waals surface area contributed by atoms with Crippen LogP contribution in [0.5, 0.6) is 0 Å². The zero-order chi connectivity index (χ0) is 33.2. The van der Waals surface area contributed by atoms with Crippen LogP contribution in [0.4, 0.5) is 0 Å². The topological polar surface area (TPSA) is 13.1 Å². The van der Waals surface area contributed by atoms with Crippen LogP contribution < -0.4 is 0 Å². The van der Waals surface area contributed by atoms with Crippen molar-refractivity contribution in [2.75, 3.05) is 0 Å². The van der Waals surface area contributed by atoms with Gasteiger partial charge in [-0.05, 0) is 107 Å². The Morgan fingerprint density at radius 3 is 1.61 bits per heavy atom. The molecule has 49 heavy (non-hydrogen) atoms. The highest BCUT2D eigenvalue weighted by Crippen LogP contribution is 2.44. The third-order valence-electron chi connectivity index (χ3n) is 9.98. The lowest BCUT2D eigenvalue weighted by atomic mass is 9.85. The molecule has 0 spiro atoms. The molecule has 1 heteroatoms. The van der Waals surface area contributed by atoms with Crippen LogP contribution in [0.1, 0.15) is 1.37 Å². The number of fused-ring (bicyclic) bond motifs is 6. The van der Waals surface area contributed by atoms with Gasteiger partial charge in [0.2, 0.25) is 0 Å². The van der Waals surface area contributed by atoms with Crippen molar-refractivity contribution in [3.05, 3.63) is 182 Å². The smallest absolute Gasteiger partial charge is 0.135 e. The molecule has 0 saturated heterocycles. The molecule has 0 bridgehead atoms. The van der Waals surface area contributed by atoms with Crippen molar-refractivity contribution in [1.82, 2.24) is 0 Å². The van der Waals surface area contributed by atoms with Gasteiger partial charge in [0.05, 0.1) is 1.37 Å². The average molecular weight is 624 g/mol. The van der Waals surface area contributed by atoms with Gasteiger partial charge in [-0.3, -0.25) is 0 Å². The molecule has 0 aliphatic rings. The fourth-order valence-corrected chi connectivity index (χ4v) is 7.65. The van der Waals surface area contributed by atoms with E-state index in [0.717, 1.165) is 32.7 Å². The van der Waals surface area contributed by atoms with E-state index in [4.69, 9.17) is 5.79 Å². The second-order valence-electron chi connectivity index (χ2n) is 12.8. The first kappa shape index (κ1) is 26.6. The Kier molecular flexibility index (Phi) is 6.02. The van der Waals surface area contributed by atoms with Crippen molar-refractivity contribution in [1.29, 1.82) is 0 Å². The SMILES string of the molecule is [2H]c1ccc2cc(-c3ccc(-c4c5ccccc5c(-c5cccc(-c6ccc7oc8ccccc8c7c6)c5)c5ccccc45)cc3)ccc2c1. The average Bonchev–Trinajstić information content (AvgIpc) is 3.55. The molecule has 0 radical (unpaired) electrons. The molecule has 10 rings (SSSR count). The number of rotatable bonds is 4. The van der Waals surface area contributed by atoms with Gasteiger partial charge in [0.15, 0.2) is 0 Å². The van der Waals surface area contributed by atoms with Crippen molar-refractivity contribution in [2.45, 2.75) is 0 Å². The van der Waals surface area contributed by atoms with Gasteiger partial charge in [0, 0.05) is 10.8 Å². The standard InChI is InChI=1S/C48H30O/c1-2-11-34-28-36(25-22-31(34)10-1)32-20-23-33(24-21-32)47-40-15-3-5-17-42(40)48(43-18-6-4-16-41(43)47)38-13-9-12-35(29-38)37-26-27-46-44(30-37)39-14-7-8-19-45(39)49-46/h1-30H/i1D. The minimum absolute atomic E-state index is 0.536.